The minimum absolute atomic E-state index is 0.0962. The summed E-state index contributed by atoms with van der Waals surface area (Å²) in [5, 5.41) is 0. The van der Waals surface area contributed by atoms with Gasteiger partial charge in [-0.2, -0.15) is 0 Å². The molecule has 76 valence electrons. The highest BCUT2D eigenvalue weighted by atomic mass is 16.1. The van der Waals surface area contributed by atoms with Crippen LogP contribution in [0, 0.1) is 19.8 Å². The number of carbonyl (C=O) groups excluding carboxylic acids is 1. The Morgan fingerprint density at radius 3 is 2.64 bits per heavy atom. The number of Topliss-reactive ketones (excluding diaryl/α,β-unsaturated/α-hetero) is 1. The molecule has 2 heteroatoms. The second-order valence-electron chi connectivity index (χ2n) is 3.80. The fourth-order valence-corrected chi connectivity index (χ4v) is 1.25. The molecular weight excluding hydrogens is 174 g/mol. The SMILES string of the molecule is CCC(C)C(=O)c1cnc(C)c(C)c1. The number of aryl methyl sites for hydroxylation is 2. The van der Waals surface area contributed by atoms with E-state index < -0.39 is 0 Å². The zero-order valence-corrected chi connectivity index (χ0v) is 9.29. The van der Waals surface area contributed by atoms with E-state index in [2.05, 4.69) is 4.98 Å². The molecule has 0 aliphatic carbocycles. The first-order valence-corrected chi connectivity index (χ1v) is 5.03. The van der Waals surface area contributed by atoms with Crippen molar-refractivity contribution in [2.45, 2.75) is 34.1 Å². The number of rotatable bonds is 3. The maximum atomic E-state index is 11.8. The third-order valence-corrected chi connectivity index (χ3v) is 2.68. The Balaban J connectivity index is 2.97. The van der Waals surface area contributed by atoms with E-state index >= 15 is 0 Å². The van der Waals surface area contributed by atoms with Gasteiger partial charge in [-0.05, 0) is 31.9 Å². The second-order valence-corrected chi connectivity index (χ2v) is 3.80. The van der Waals surface area contributed by atoms with E-state index in [4.69, 9.17) is 0 Å². The van der Waals surface area contributed by atoms with Gasteiger partial charge in [0.2, 0.25) is 0 Å². The van der Waals surface area contributed by atoms with Crippen LogP contribution in [0.2, 0.25) is 0 Å². The molecule has 0 N–H and O–H groups in total. The fourth-order valence-electron chi connectivity index (χ4n) is 1.25. The molecule has 0 aliphatic heterocycles. The maximum Gasteiger partial charge on any atom is 0.167 e. The maximum absolute atomic E-state index is 11.8. The van der Waals surface area contributed by atoms with Crippen LogP contribution in [0.15, 0.2) is 12.3 Å². The van der Waals surface area contributed by atoms with Crippen molar-refractivity contribution in [3.8, 4) is 0 Å². The minimum atomic E-state index is 0.0962. The lowest BCUT2D eigenvalue weighted by molar-refractivity contribution is 0.0927. The Labute approximate surface area is 85.4 Å². The Kier molecular flexibility index (Phi) is 3.39. The molecule has 0 saturated carbocycles. The molecule has 0 aromatic carbocycles. The largest absolute Gasteiger partial charge is 0.294 e. The number of aromatic nitrogens is 1. The third-order valence-electron chi connectivity index (χ3n) is 2.68. The summed E-state index contributed by atoms with van der Waals surface area (Å²) in [4.78, 5) is 16.0. The van der Waals surface area contributed by atoms with Crippen LogP contribution in [-0.4, -0.2) is 10.8 Å². The molecule has 14 heavy (non-hydrogen) atoms. The first kappa shape index (κ1) is 10.9. The van der Waals surface area contributed by atoms with Crippen molar-refractivity contribution in [2.24, 2.45) is 5.92 Å². The monoisotopic (exact) mass is 191 g/mol. The molecule has 1 rings (SSSR count). The van der Waals surface area contributed by atoms with E-state index in [0.29, 0.717) is 0 Å². The van der Waals surface area contributed by atoms with E-state index in [1.165, 1.54) is 0 Å². The summed E-state index contributed by atoms with van der Waals surface area (Å²) in [6, 6.07) is 1.93. The summed E-state index contributed by atoms with van der Waals surface area (Å²) in [6.45, 7) is 7.91. The van der Waals surface area contributed by atoms with E-state index in [-0.39, 0.29) is 11.7 Å². The molecule has 1 aromatic rings. The van der Waals surface area contributed by atoms with Gasteiger partial charge >= 0.3 is 0 Å². The molecule has 1 unspecified atom stereocenters. The van der Waals surface area contributed by atoms with Gasteiger partial charge in [0.1, 0.15) is 0 Å². The van der Waals surface area contributed by atoms with Crippen LogP contribution >= 0.6 is 0 Å². The molecule has 0 aliphatic rings. The van der Waals surface area contributed by atoms with Crippen LogP contribution < -0.4 is 0 Å². The van der Waals surface area contributed by atoms with Crippen molar-refractivity contribution in [1.82, 2.24) is 4.98 Å². The van der Waals surface area contributed by atoms with Gasteiger partial charge in [-0.1, -0.05) is 13.8 Å². The zero-order chi connectivity index (χ0) is 10.7. The zero-order valence-electron chi connectivity index (χ0n) is 9.29. The van der Waals surface area contributed by atoms with Gasteiger partial charge in [-0.3, -0.25) is 9.78 Å². The molecule has 0 amide bonds. The number of pyridine rings is 1. The van der Waals surface area contributed by atoms with E-state index in [9.17, 15) is 4.79 Å². The highest BCUT2D eigenvalue weighted by Crippen LogP contribution is 2.13. The summed E-state index contributed by atoms with van der Waals surface area (Å²) in [5.41, 5.74) is 2.81. The van der Waals surface area contributed by atoms with Gasteiger partial charge < -0.3 is 0 Å². The Hall–Kier alpha value is -1.18. The van der Waals surface area contributed by atoms with E-state index in [0.717, 1.165) is 23.2 Å². The van der Waals surface area contributed by atoms with Gasteiger partial charge in [-0.25, -0.2) is 0 Å². The molecule has 1 heterocycles. The van der Waals surface area contributed by atoms with Crippen molar-refractivity contribution in [1.29, 1.82) is 0 Å². The number of carbonyl (C=O) groups is 1. The second kappa shape index (κ2) is 4.36. The first-order valence-electron chi connectivity index (χ1n) is 5.03. The normalized spacial score (nSPS) is 12.6. The van der Waals surface area contributed by atoms with Crippen LogP contribution in [-0.2, 0) is 0 Å². The Morgan fingerprint density at radius 1 is 1.50 bits per heavy atom. The van der Waals surface area contributed by atoms with Crippen LogP contribution in [0.3, 0.4) is 0 Å². The number of ketones is 1. The molecule has 0 spiro atoms. The van der Waals surface area contributed by atoms with Crippen molar-refractivity contribution in [3.63, 3.8) is 0 Å². The predicted molar refractivity (Wildman–Crippen MR) is 57.5 cm³/mol. The van der Waals surface area contributed by atoms with Gasteiger partial charge in [0.25, 0.3) is 0 Å². The number of hydrogen-bond acceptors (Lipinski definition) is 2. The highest BCUT2D eigenvalue weighted by molar-refractivity contribution is 5.97. The smallest absolute Gasteiger partial charge is 0.167 e. The van der Waals surface area contributed by atoms with Crippen molar-refractivity contribution >= 4 is 5.78 Å². The van der Waals surface area contributed by atoms with Crippen molar-refractivity contribution in [2.75, 3.05) is 0 Å². The molecule has 1 aromatic heterocycles. The molecule has 0 saturated heterocycles. The van der Waals surface area contributed by atoms with Gasteiger partial charge in [0.05, 0.1) is 0 Å². The minimum Gasteiger partial charge on any atom is -0.294 e. The third kappa shape index (κ3) is 2.19. The van der Waals surface area contributed by atoms with Gasteiger partial charge in [0, 0.05) is 23.4 Å². The summed E-state index contributed by atoms with van der Waals surface area (Å²) in [5.74, 6) is 0.294. The first-order chi connectivity index (χ1) is 6.56. The fraction of sp³-hybridized carbons (Fsp3) is 0.500. The average molecular weight is 191 g/mol. The standard InChI is InChI=1S/C12H17NO/c1-5-8(2)12(14)11-6-9(3)10(4)13-7-11/h6-8H,5H2,1-4H3. The molecule has 0 bridgehead atoms. The van der Waals surface area contributed by atoms with E-state index in [1.807, 2.05) is 33.8 Å². The lowest BCUT2D eigenvalue weighted by Crippen LogP contribution is -2.11. The van der Waals surface area contributed by atoms with Gasteiger partial charge in [-0.15, -0.1) is 0 Å². The van der Waals surface area contributed by atoms with Crippen LogP contribution in [0.25, 0.3) is 0 Å². The average Bonchev–Trinajstić information content (AvgIpc) is 2.20. The van der Waals surface area contributed by atoms with Crippen LogP contribution in [0.1, 0.15) is 41.9 Å². The lowest BCUT2D eigenvalue weighted by atomic mass is 9.97. The van der Waals surface area contributed by atoms with E-state index in [1.54, 1.807) is 6.20 Å². The highest BCUT2D eigenvalue weighted by Gasteiger charge is 2.13. The van der Waals surface area contributed by atoms with Crippen molar-refractivity contribution in [3.05, 3.63) is 29.1 Å². The van der Waals surface area contributed by atoms with Crippen molar-refractivity contribution < 1.29 is 4.79 Å². The summed E-state index contributed by atoms with van der Waals surface area (Å²) >= 11 is 0. The molecule has 0 fully saturated rings. The number of nitrogens with zero attached hydrogens (tertiary/aromatic N) is 1. The lowest BCUT2D eigenvalue weighted by Gasteiger charge is -2.08. The Morgan fingerprint density at radius 2 is 2.14 bits per heavy atom. The number of hydrogen-bond donors (Lipinski definition) is 0. The molecule has 0 radical (unpaired) electrons. The Bertz CT molecular complexity index is 344. The quantitative estimate of drug-likeness (QED) is 0.687. The van der Waals surface area contributed by atoms with Gasteiger partial charge in [0.15, 0.2) is 5.78 Å². The molecule has 2 nitrogen and oxygen atoms in total. The summed E-state index contributed by atoms with van der Waals surface area (Å²) < 4.78 is 0. The molecule has 1 atom stereocenters. The topological polar surface area (TPSA) is 30.0 Å². The van der Waals surface area contributed by atoms with Crippen LogP contribution in [0.5, 0.6) is 0 Å². The predicted octanol–water partition coefficient (Wildman–Crippen LogP) is 2.93. The molecular formula is C12H17NO. The summed E-state index contributed by atoms with van der Waals surface area (Å²) in [7, 11) is 0. The summed E-state index contributed by atoms with van der Waals surface area (Å²) in [6.07, 6.45) is 2.56. The van der Waals surface area contributed by atoms with Crippen LogP contribution in [0.4, 0.5) is 0 Å².